The van der Waals surface area contributed by atoms with Gasteiger partial charge in [-0.25, -0.2) is 35.1 Å². The maximum Gasteiger partial charge on any atom is 0.197 e. The van der Waals surface area contributed by atoms with Crippen LogP contribution in [0.4, 0.5) is 46.5 Å². The fourth-order valence-electron chi connectivity index (χ4n) is 4.13. The van der Waals surface area contributed by atoms with E-state index in [0.29, 0.717) is 0 Å². The van der Waals surface area contributed by atoms with Gasteiger partial charge in [0.2, 0.25) is 0 Å². The van der Waals surface area contributed by atoms with Crippen molar-refractivity contribution in [3.8, 4) is 11.1 Å². The van der Waals surface area contributed by atoms with Gasteiger partial charge in [0.1, 0.15) is 0 Å². The molecular formula is C26H21F8N3. The molecule has 11 heteroatoms. The second-order valence-electron chi connectivity index (χ2n) is 8.48. The summed E-state index contributed by atoms with van der Waals surface area (Å²) in [5.41, 5.74) is 5.82. The van der Waals surface area contributed by atoms with Crippen molar-refractivity contribution < 1.29 is 35.1 Å². The van der Waals surface area contributed by atoms with Crippen LogP contribution in [0.25, 0.3) is 16.8 Å². The lowest BCUT2D eigenvalue weighted by molar-refractivity contribution is 0.440. The third kappa shape index (κ3) is 4.11. The number of nitrogens with zero attached hydrogens (tertiary/aromatic N) is 1. The largest absolute Gasteiger partial charge is 0.398 e. The molecule has 3 aromatic carbocycles. The predicted molar refractivity (Wildman–Crippen MR) is 127 cm³/mol. The Balaban J connectivity index is 2.27. The van der Waals surface area contributed by atoms with Gasteiger partial charge in [0.25, 0.3) is 0 Å². The van der Waals surface area contributed by atoms with Crippen LogP contribution in [0, 0.1) is 74.2 Å². The molecule has 3 rings (SSSR count). The molecular weight excluding hydrogens is 506 g/mol. The van der Waals surface area contributed by atoms with Crippen molar-refractivity contribution in [2.75, 3.05) is 11.5 Å². The van der Waals surface area contributed by atoms with Gasteiger partial charge in [0.15, 0.2) is 46.5 Å². The minimum atomic E-state index is -1.99. The van der Waals surface area contributed by atoms with E-state index in [-0.39, 0.29) is 22.4 Å². The van der Waals surface area contributed by atoms with Crippen molar-refractivity contribution in [3.63, 3.8) is 0 Å². The van der Waals surface area contributed by atoms with E-state index in [2.05, 4.69) is 11.6 Å². The van der Waals surface area contributed by atoms with Crippen LogP contribution in [0.5, 0.6) is 0 Å². The summed E-state index contributed by atoms with van der Waals surface area (Å²) in [7, 11) is 0. The van der Waals surface area contributed by atoms with Crippen LogP contribution < -0.4 is 11.5 Å². The summed E-state index contributed by atoms with van der Waals surface area (Å²) in [6.07, 6.45) is 0. The molecule has 0 heterocycles. The number of anilines is 2. The number of hydrogen-bond acceptors (Lipinski definition) is 3. The van der Waals surface area contributed by atoms with Gasteiger partial charge in [-0.1, -0.05) is 6.58 Å². The summed E-state index contributed by atoms with van der Waals surface area (Å²) < 4.78 is 116. The quantitative estimate of drug-likeness (QED) is 0.161. The van der Waals surface area contributed by atoms with Crippen molar-refractivity contribution in [1.82, 2.24) is 0 Å². The Labute approximate surface area is 207 Å². The molecule has 0 aliphatic rings. The Morgan fingerprint density at radius 2 is 1.03 bits per heavy atom. The molecule has 0 atom stereocenters. The van der Waals surface area contributed by atoms with Gasteiger partial charge in [0.05, 0.1) is 11.4 Å². The number of aliphatic imine (C=N–C) groups is 1. The monoisotopic (exact) mass is 527 g/mol. The van der Waals surface area contributed by atoms with Crippen LogP contribution in [-0.2, 0) is 0 Å². The number of halogens is 8. The molecule has 0 aliphatic carbocycles. The molecule has 0 unspecified atom stereocenters. The summed E-state index contributed by atoms with van der Waals surface area (Å²) >= 11 is 0. The van der Waals surface area contributed by atoms with E-state index in [9.17, 15) is 26.3 Å². The highest BCUT2D eigenvalue weighted by Crippen LogP contribution is 2.42. The van der Waals surface area contributed by atoms with Gasteiger partial charge < -0.3 is 11.5 Å². The lowest BCUT2D eigenvalue weighted by atomic mass is 9.90. The zero-order valence-electron chi connectivity index (χ0n) is 20.3. The number of benzene rings is 3. The van der Waals surface area contributed by atoms with Crippen molar-refractivity contribution in [3.05, 3.63) is 86.5 Å². The Kier molecular flexibility index (Phi) is 7.13. The van der Waals surface area contributed by atoms with Crippen LogP contribution in [0.2, 0.25) is 0 Å². The minimum absolute atomic E-state index is 0.0157. The Bertz CT molecular complexity index is 1450. The van der Waals surface area contributed by atoms with E-state index in [4.69, 9.17) is 11.5 Å². The molecule has 0 aromatic heterocycles. The fourth-order valence-corrected chi connectivity index (χ4v) is 4.13. The zero-order chi connectivity index (χ0) is 28.3. The first-order valence-electron chi connectivity index (χ1n) is 10.6. The molecule has 3 aromatic rings. The average molecular weight is 527 g/mol. The first-order valence-corrected chi connectivity index (χ1v) is 10.6. The highest BCUT2D eigenvalue weighted by Gasteiger charge is 2.30. The molecule has 0 fully saturated rings. The molecule has 0 spiro atoms. The highest BCUT2D eigenvalue weighted by atomic mass is 19.2. The molecule has 0 amide bonds. The van der Waals surface area contributed by atoms with Crippen LogP contribution in [0.15, 0.2) is 11.6 Å². The highest BCUT2D eigenvalue weighted by molar-refractivity contribution is 6.05. The van der Waals surface area contributed by atoms with E-state index in [1.807, 2.05) is 0 Å². The molecule has 0 saturated carbocycles. The number of rotatable bonds is 4. The summed E-state index contributed by atoms with van der Waals surface area (Å²) in [6.45, 7) is 9.55. The van der Waals surface area contributed by atoms with Gasteiger partial charge in [0, 0.05) is 33.7 Å². The molecule has 0 aliphatic heterocycles. The van der Waals surface area contributed by atoms with Gasteiger partial charge in [-0.15, -0.1) is 0 Å². The second kappa shape index (κ2) is 9.53. The molecule has 37 heavy (non-hydrogen) atoms. The first kappa shape index (κ1) is 27.7. The Morgan fingerprint density at radius 3 is 1.59 bits per heavy atom. The van der Waals surface area contributed by atoms with Crippen molar-refractivity contribution in [2.24, 2.45) is 4.99 Å². The first-order chi connectivity index (χ1) is 17.1. The third-order valence-electron chi connectivity index (χ3n) is 6.38. The molecule has 0 bridgehead atoms. The SMILES string of the molecule is C=C(/N=C(\C)c1c(C)c(N)c(-c2c(C)c(N)c(F)c(F)c2F)c(F)c1F)c1c(C)c(C)c(F)c(F)c1F. The fraction of sp³-hybridized carbons (Fsp3) is 0.192. The summed E-state index contributed by atoms with van der Waals surface area (Å²) in [4.78, 5) is 3.96. The maximum absolute atomic E-state index is 15.3. The van der Waals surface area contributed by atoms with Gasteiger partial charge in [-0.3, -0.25) is 4.99 Å². The van der Waals surface area contributed by atoms with Crippen molar-refractivity contribution >= 4 is 22.8 Å². The van der Waals surface area contributed by atoms with E-state index in [0.717, 1.165) is 6.92 Å². The van der Waals surface area contributed by atoms with Crippen molar-refractivity contribution in [1.29, 1.82) is 0 Å². The molecule has 196 valence electrons. The number of nitrogens with two attached hydrogens (primary N) is 2. The lowest BCUT2D eigenvalue weighted by Gasteiger charge is -2.19. The normalized spacial score (nSPS) is 11.9. The van der Waals surface area contributed by atoms with Crippen LogP contribution in [0.3, 0.4) is 0 Å². The molecule has 3 nitrogen and oxygen atoms in total. The Hall–Kier alpha value is -3.89. The third-order valence-corrected chi connectivity index (χ3v) is 6.38. The summed E-state index contributed by atoms with van der Waals surface area (Å²) in [5.74, 6) is -13.5. The lowest BCUT2D eigenvalue weighted by Crippen LogP contribution is -2.13. The van der Waals surface area contributed by atoms with E-state index < -0.39 is 91.4 Å². The minimum Gasteiger partial charge on any atom is -0.398 e. The van der Waals surface area contributed by atoms with Crippen LogP contribution >= 0.6 is 0 Å². The van der Waals surface area contributed by atoms with E-state index >= 15 is 8.78 Å². The van der Waals surface area contributed by atoms with E-state index in [1.165, 1.54) is 27.7 Å². The molecule has 0 saturated heterocycles. The number of hydrogen-bond donors (Lipinski definition) is 2. The Morgan fingerprint density at radius 1 is 0.541 bits per heavy atom. The zero-order valence-corrected chi connectivity index (χ0v) is 20.3. The maximum atomic E-state index is 15.3. The average Bonchev–Trinajstić information content (AvgIpc) is 2.84. The smallest absolute Gasteiger partial charge is 0.197 e. The van der Waals surface area contributed by atoms with Gasteiger partial charge in [-0.2, -0.15) is 0 Å². The summed E-state index contributed by atoms with van der Waals surface area (Å²) in [6, 6.07) is 0. The topological polar surface area (TPSA) is 64.4 Å². The van der Waals surface area contributed by atoms with E-state index in [1.54, 1.807) is 0 Å². The predicted octanol–water partition coefficient (Wildman–Crippen LogP) is 7.34. The summed E-state index contributed by atoms with van der Waals surface area (Å²) in [5, 5.41) is 0. The van der Waals surface area contributed by atoms with Crippen molar-refractivity contribution in [2.45, 2.75) is 34.6 Å². The van der Waals surface area contributed by atoms with Crippen LogP contribution in [0.1, 0.15) is 40.3 Å². The van der Waals surface area contributed by atoms with Crippen LogP contribution in [-0.4, -0.2) is 5.71 Å². The second-order valence-corrected chi connectivity index (χ2v) is 8.48. The molecule has 4 N–H and O–H groups in total. The molecule has 0 radical (unpaired) electrons. The van der Waals surface area contributed by atoms with Gasteiger partial charge >= 0.3 is 0 Å². The standard InChI is InChI=1S/C26H21F8N3/c1-7-8(2)17(27)22(32)19(29)13(7)11(5)37-12(6)14-9(3)25(35)16(21(31)18(14)28)15-10(4)26(36)24(34)23(33)20(15)30/h5,35-36H2,1-4,6H3/b37-12+. The van der Waals surface area contributed by atoms with Gasteiger partial charge in [-0.05, 0) is 56.9 Å². The number of nitrogen functional groups attached to an aromatic ring is 2.